The molecule has 0 aliphatic rings. The van der Waals surface area contributed by atoms with Crippen molar-refractivity contribution in [3.8, 4) is 16.3 Å². The van der Waals surface area contributed by atoms with Gasteiger partial charge in [0.1, 0.15) is 5.69 Å². The van der Waals surface area contributed by atoms with E-state index in [1.807, 2.05) is 55.5 Å². The number of nitrogens with one attached hydrogen (secondary N) is 1. The van der Waals surface area contributed by atoms with Gasteiger partial charge in [-0.15, -0.1) is 21.5 Å². The topological polar surface area (TPSA) is 72.7 Å². The summed E-state index contributed by atoms with van der Waals surface area (Å²) in [6.07, 6.45) is 1.56. The molecule has 0 unspecified atom stereocenters. The lowest BCUT2D eigenvalue weighted by Gasteiger charge is -2.06. The number of thiophene rings is 1. The standard InChI is InChI=1S/C19H14BrN5OS/c1-12-14(11-21-25(12)13-5-3-2-4-6-13)19(26)22-18-10-7-15(23-24-18)16-8-9-17(20)27-16/h2-11H,1H3,(H,22,24,26). The van der Waals surface area contributed by atoms with Gasteiger partial charge in [0.2, 0.25) is 0 Å². The van der Waals surface area contributed by atoms with Crippen LogP contribution in [0.2, 0.25) is 0 Å². The second-order valence-corrected chi connectivity index (χ2v) is 8.22. The summed E-state index contributed by atoms with van der Waals surface area (Å²) in [5, 5.41) is 15.4. The Morgan fingerprint density at radius 1 is 1.07 bits per heavy atom. The number of nitrogens with zero attached hydrogens (tertiary/aromatic N) is 4. The first-order valence-electron chi connectivity index (χ1n) is 8.12. The number of carbonyl (C=O) groups excluding carboxylic acids is 1. The van der Waals surface area contributed by atoms with Crippen LogP contribution in [-0.2, 0) is 0 Å². The van der Waals surface area contributed by atoms with E-state index in [1.54, 1.807) is 28.3 Å². The predicted molar refractivity (Wildman–Crippen MR) is 109 cm³/mol. The number of para-hydroxylation sites is 1. The molecule has 0 aliphatic heterocycles. The van der Waals surface area contributed by atoms with Gasteiger partial charge in [-0.05, 0) is 59.3 Å². The highest BCUT2D eigenvalue weighted by Gasteiger charge is 2.16. The molecular weight excluding hydrogens is 426 g/mol. The minimum Gasteiger partial charge on any atom is -0.305 e. The van der Waals surface area contributed by atoms with Gasteiger partial charge in [0.05, 0.1) is 31.8 Å². The van der Waals surface area contributed by atoms with Crippen LogP contribution >= 0.6 is 27.3 Å². The average Bonchev–Trinajstić information content (AvgIpc) is 3.29. The van der Waals surface area contributed by atoms with E-state index in [-0.39, 0.29) is 5.91 Å². The molecule has 4 rings (SSSR count). The number of benzene rings is 1. The van der Waals surface area contributed by atoms with Gasteiger partial charge in [-0.2, -0.15) is 5.10 Å². The normalized spacial score (nSPS) is 10.7. The van der Waals surface area contributed by atoms with Crippen LogP contribution in [-0.4, -0.2) is 25.9 Å². The summed E-state index contributed by atoms with van der Waals surface area (Å²) in [6.45, 7) is 1.86. The fraction of sp³-hybridized carbons (Fsp3) is 0.0526. The number of carbonyl (C=O) groups is 1. The van der Waals surface area contributed by atoms with E-state index in [1.165, 1.54) is 0 Å². The molecule has 1 amide bonds. The zero-order valence-electron chi connectivity index (χ0n) is 14.3. The maximum absolute atomic E-state index is 12.6. The number of halogens is 1. The third-order valence-corrected chi connectivity index (χ3v) is 5.63. The van der Waals surface area contributed by atoms with Crippen molar-refractivity contribution in [2.75, 3.05) is 5.32 Å². The quantitative estimate of drug-likeness (QED) is 0.499. The molecule has 0 spiro atoms. The predicted octanol–water partition coefficient (Wildman–Crippen LogP) is 4.71. The minimum absolute atomic E-state index is 0.268. The smallest absolute Gasteiger partial charge is 0.260 e. The Balaban J connectivity index is 1.52. The summed E-state index contributed by atoms with van der Waals surface area (Å²) in [5.74, 6) is 0.127. The first-order valence-corrected chi connectivity index (χ1v) is 9.73. The van der Waals surface area contributed by atoms with Gasteiger partial charge < -0.3 is 5.32 Å². The molecule has 1 aromatic carbocycles. The zero-order valence-corrected chi connectivity index (χ0v) is 16.7. The van der Waals surface area contributed by atoms with Gasteiger partial charge in [0.15, 0.2) is 5.82 Å². The fourth-order valence-electron chi connectivity index (χ4n) is 2.63. The molecule has 6 nitrogen and oxygen atoms in total. The van der Waals surface area contributed by atoms with Crippen LogP contribution in [0.15, 0.2) is 64.6 Å². The van der Waals surface area contributed by atoms with E-state index in [2.05, 4.69) is 36.5 Å². The molecule has 3 heterocycles. The highest BCUT2D eigenvalue weighted by molar-refractivity contribution is 9.11. The van der Waals surface area contributed by atoms with Gasteiger partial charge in [0, 0.05) is 0 Å². The molecule has 0 radical (unpaired) electrons. The lowest BCUT2D eigenvalue weighted by molar-refractivity contribution is 0.102. The van der Waals surface area contributed by atoms with Crippen LogP contribution in [0.5, 0.6) is 0 Å². The molecule has 0 saturated heterocycles. The van der Waals surface area contributed by atoms with E-state index in [4.69, 9.17) is 0 Å². The number of hydrogen-bond donors (Lipinski definition) is 1. The summed E-state index contributed by atoms with van der Waals surface area (Å²) in [5.41, 5.74) is 2.91. The van der Waals surface area contributed by atoms with Crippen molar-refractivity contribution in [2.24, 2.45) is 0 Å². The monoisotopic (exact) mass is 439 g/mol. The Bertz CT molecular complexity index is 1090. The van der Waals surface area contributed by atoms with E-state index in [0.29, 0.717) is 11.4 Å². The molecule has 4 aromatic rings. The molecule has 0 fully saturated rings. The largest absolute Gasteiger partial charge is 0.305 e. The zero-order chi connectivity index (χ0) is 18.8. The van der Waals surface area contributed by atoms with Crippen LogP contribution < -0.4 is 5.32 Å². The minimum atomic E-state index is -0.268. The summed E-state index contributed by atoms with van der Waals surface area (Å²) in [4.78, 5) is 13.6. The van der Waals surface area contributed by atoms with Crippen LogP contribution in [0.25, 0.3) is 16.3 Å². The van der Waals surface area contributed by atoms with Crippen molar-refractivity contribution < 1.29 is 4.79 Å². The Kier molecular flexibility index (Phi) is 4.83. The molecule has 1 N–H and O–H groups in total. The Hall–Kier alpha value is -2.84. The molecule has 134 valence electrons. The van der Waals surface area contributed by atoms with Crippen molar-refractivity contribution in [2.45, 2.75) is 6.92 Å². The van der Waals surface area contributed by atoms with Crippen molar-refractivity contribution >= 4 is 39.0 Å². The maximum Gasteiger partial charge on any atom is 0.260 e. The third kappa shape index (κ3) is 3.67. The fourth-order valence-corrected chi connectivity index (χ4v) is 3.98. The Labute approximate surface area is 168 Å². The average molecular weight is 440 g/mol. The summed E-state index contributed by atoms with van der Waals surface area (Å²) >= 11 is 5.01. The van der Waals surface area contributed by atoms with Crippen molar-refractivity contribution in [3.05, 3.63) is 75.8 Å². The first-order chi connectivity index (χ1) is 13.1. The highest BCUT2D eigenvalue weighted by atomic mass is 79.9. The van der Waals surface area contributed by atoms with Crippen molar-refractivity contribution in [3.63, 3.8) is 0 Å². The molecular formula is C19H14BrN5OS. The number of amides is 1. The maximum atomic E-state index is 12.6. The van der Waals surface area contributed by atoms with Gasteiger partial charge in [-0.3, -0.25) is 4.79 Å². The van der Waals surface area contributed by atoms with E-state index >= 15 is 0 Å². The number of rotatable bonds is 4. The number of hydrogen-bond acceptors (Lipinski definition) is 5. The second-order valence-electron chi connectivity index (χ2n) is 5.75. The van der Waals surface area contributed by atoms with Crippen molar-refractivity contribution in [1.82, 2.24) is 20.0 Å². The Morgan fingerprint density at radius 3 is 2.56 bits per heavy atom. The molecule has 3 aromatic heterocycles. The van der Waals surface area contributed by atoms with Gasteiger partial charge >= 0.3 is 0 Å². The molecule has 27 heavy (non-hydrogen) atoms. The van der Waals surface area contributed by atoms with Crippen LogP contribution in [0.1, 0.15) is 16.1 Å². The number of aromatic nitrogens is 4. The molecule has 0 aliphatic carbocycles. The summed E-state index contributed by atoms with van der Waals surface area (Å²) in [7, 11) is 0. The molecule has 0 atom stereocenters. The van der Waals surface area contributed by atoms with Gasteiger partial charge in [-0.25, -0.2) is 4.68 Å². The van der Waals surface area contributed by atoms with Crippen LogP contribution in [0.3, 0.4) is 0 Å². The Morgan fingerprint density at radius 2 is 1.89 bits per heavy atom. The van der Waals surface area contributed by atoms with Gasteiger partial charge in [0.25, 0.3) is 5.91 Å². The lowest BCUT2D eigenvalue weighted by Crippen LogP contribution is -2.14. The van der Waals surface area contributed by atoms with Gasteiger partial charge in [-0.1, -0.05) is 18.2 Å². The number of anilines is 1. The lowest BCUT2D eigenvalue weighted by atomic mass is 10.2. The third-order valence-electron chi connectivity index (χ3n) is 3.99. The SMILES string of the molecule is Cc1c(C(=O)Nc2ccc(-c3ccc(Br)s3)nn2)cnn1-c1ccccc1. The van der Waals surface area contributed by atoms with Crippen LogP contribution in [0, 0.1) is 6.92 Å². The first kappa shape index (κ1) is 17.6. The summed E-state index contributed by atoms with van der Waals surface area (Å²) in [6, 6.07) is 17.2. The summed E-state index contributed by atoms with van der Waals surface area (Å²) < 4.78 is 2.76. The molecule has 0 saturated carbocycles. The van der Waals surface area contributed by atoms with Crippen molar-refractivity contribution in [1.29, 1.82) is 0 Å². The van der Waals surface area contributed by atoms with E-state index in [0.717, 1.165) is 25.7 Å². The van der Waals surface area contributed by atoms with E-state index in [9.17, 15) is 4.79 Å². The van der Waals surface area contributed by atoms with E-state index < -0.39 is 0 Å². The molecule has 0 bridgehead atoms. The second kappa shape index (κ2) is 7.42. The molecule has 8 heteroatoms. The highest BCUT2D eigenvalue weighted by Crippen LogP contribution is 2.29. The van der Waals surface area contributed by atoms with Crippen LogP contribution in [0.4, 0.5) is 5.82 Å².